The van der Waals surface area contributed by atoms with Crippen LogP contribution in [0.1, 0.15) is 64.3 Å². The second-order valence-corrected chi connectivity index (χ2v) is 9.83. The summed E-state index contributed by atoms with van der Waals surface area (Å²) in [6.07, 6.45) is 6.41. The van der Waals surface area contributed by atoms with Crippen LogP contribution in [-0.2, 0) is 11.8 Å². The fraction of sp³-hybridized carbons (Fsp3) is 0.458. The van der Waals surface area contributed by atoms with E-state index in [0.29, 0.717) is 18.2 Å². The van der Waals surface area contributed by atoms with Crippen LogP contribution in [0.3, 0.4) is 0 Å². The third kappa shape index (κ3) is 4.98. The van der Waals surface area contributed by atoms with E-state index >= 15 is 0 Å². The van der Waals surface area contributed by atoms with E-state index in [1.165, 1.54) is 4.88 Å². The maximum atomic E-state index is 13.2. The lowest BCUT2D eigenvalue weighted by Gasteiger charge is -2.34. The molecule has 1 atom stereocenters. The molecule has 3 aromatic rings. The molecule has 1 N–H and O–H groups in total. The van der Waals surface area contributed by atoms with Gasteiger partial charge in [-0.1, -0.05) is 0 Å². The molecule has 9 heteroatoms. The van der Waals surface area contributed by atoms with E-state index in [1.807, 2.05) is 56.5 Å². The second-order valence-electron chi connectivity index (χ2n) is 8.62. The number of rotatable bonds is 5. The molecule has 0 aromatic carbocycles. The van der Waals surface area contributed by atoms with Gasteiger partial charge in [-0.15, -0.1) is 11.3 Å². The number of amides is 1. The molecule has 1 aliphatic heterocycles. The molecule has 3 aromatic heterocycles. The molecular formula is C24H31N7OS. The van der Waals surface area contributed by atoms with Crippen LogP contribution < -0.4 is 5.32 Å². The topological polar surface area (TPSA) is 88.8 Å². The fourth-order valence-electron chi connectivity index (χ4n) is 4.19. The number of hydrogen-bond donors (Lipinski definition) is 1. The summed E-state index contributed by atoms with van der Waals surface area (Å²) < 4.78 is 1.84. The van der Waals surface area contributed by atoms with Crippen molar-refractivity contribution in [1.29, 1.82) is 0 Å². The summed E-state index contributed by atoms with van der Waals surface area (Å²) in [5.41, 5.74) is 4.83. The molecule has 0 unspecified atom stereocenters. The van der Waals surface area contributed by atoms with Crippen molar-refractivity contribution in [3.63, 3.8) is 0 Å². The van der Waals surface area contributed by atoms with Gasteiger partial charge in [-0.3, -0.25) is 9.48 Å². The number of carbonyl (C=O) groups excluding carboxylic acids is 1. The molecule has 0 spiro atoms. The van der Waals surface area contributed by atoms with E-state index in [4.69, 9.17) is 9.97 Å². The predicted octanol–water partition coefficient (Wildman–Crippen LogP) is 4.72. The lowest BCUT2D eigenvalue weighted by atomic mass is 10.0. The number of nitrogens with one attached hydrogen (secondary N) is 1. The van der Waals surface area contributed by atoms with Crippen molar-refractivity contribution in [1.82, 2.24) is 29.6 Å². The Morgan fingerprint density at radius 1 is 1.12 bits per heavy atom. The third-order valence-electron chi connectivity index (χ3n) is 6.18. The van der Waals surface area contributed by atoms with Gasteiger partial charge >= 0.3 is 0 Å². The van der Waals surface area contributed by atoms with Crippen molar-refractivity contribution >= 4 is 34.3 Å². The van der Waals surface area contributed by atoms with E-state index < -0.39 is 0 Å². The minimum Gasteiger partial charge on any atom is -0.329 e. The standard InChI is InChI=1S/C24H31N7OS/c1-14-13-21(28-24-26-15(2)18(5)33-24)27-23(25-14)20-9-7-8-12-31(20)22(32)11-10-19-16(3)29-30(6)17(19)4/h10-11,13,20H,7-9,12H2,1-6H3,(H,25,26,27,28)/b11-10+/t20-/m1/s1. The Bertz CT molecular complexity index is 1190. The molecule has 0 saturated carbocycles. The molecule has 33 heavy (non-hydrogen) atoms. The average molecular weight is 466 g/mol. The monoisotopic (exact) mass is 465 g/mol. The van der Waals surface area contributed by atoms with Crippen LogP contribution in [-0.4, -0.2) is 42.1 Å². The van der Waals surface area contributed by atoms with Crippen LogP contribution in [0, 0.1) is 34.6 Å². The summed E-state index contributed by atoms with van der Waals surface area (Å²) in [6, 6.07) is 1.77. The zero-order chi connectivity index (χ0) is 23.7. The molecule has 4 heterocycles. The largest absolute Gasteiger partial charge is 0.329 e. The highest BCUT2D eigenvalue weighted by molar-refractivity contribution is 7.15. The molecule has 8 nitrogen and oxygen atoms in total. The minimum atomic E-state index is -0.146. The van der Waals surface area contributed by atoms with Gasteiger partial charge < -0.3 is 10.2 Å². The van der Waals surface area contributed by atoms with Gasteiger partial charge in [-0.05, 0) is 60.0 Å². The van der Waals surface area contributed by atoms with Gasteiger partial charge in [0.1, 0.15) is 5.82 Å². The maximum absolute atomic E-state index is 13.2. The Labute approximate surface area is 198 Å². The van der Waals surface area contributed by atoms with Gasteiger partial charge in [0.15, 0.2) is 11.0 Å². The van der Waals surface area contributed by atoms with Crippen LogP contribution in [0.15, 0.2) is 12.1 Å². The van der Waals surface area contributed by atoms with Crippen molar-refractivity contribution in [2.75, 3.05) is 11.9 Å². The van der Waals surface area contributed by atoms with Gasteiger partial charge in [-0.2, -0.15) is 5.10 Å². The lowest BCUT2D eigenvalue weighted by Crippen LogP contribution is -2.38. The van der Waals surface area contributed by atoms with Crippen molar-refractivity contribution < 1.29 is 4.79 Å². The summed E-state index contributed by atoms with van der Waals surface area (Å²) >= 11 is 1.61. The lowest BCUT2D eigenvalue weighted by molar-refractivity contribution is -0.129. The van der Waals surface area contributed by atoms with Crippen LogP contribution >= 0.6 is 11.3 Å². The highest BCUT2D eigenvalue weighted by Gasteiger charge is 2.29. The smallest absolute Gasteiger partial charge is 0.247 e. The maximum Gasteiger partial charge on any atom is 0.247 e. The summed E-state index contributed by atoms with van der Waals surface area (Å²) in [5.74, 6) is 1.37. The van der Waals surface area contributed by atoms with Crippen LogP contribution in [0.5, 0.6) is 0 Å². The molecule has 0 radical (unpaired) electrons. The molecule has 1 fully saturated rings. The van der Waals surface area contributed by atoms with Crippen LogP contribution in [0.4, 0.5) is 10.9 Å². The molecule has 174 valence electrons. The Balaban J connectivity index is 1.58. The van der Waals surface area contributed by atoms with Crippen LogP contribution in [0.2, 0.25) is 0 Å². The van der Waals surface area contributed by atoms with E-state index in [1.54, 1.807) is 17.4 Å². The van der Waals surface area contributed by atoms with Gasteiger partial charge in [-0.25, -0.2) is 15.0 Å². The molecule has 1 saturated heterocycles. The third-order valence-corrected chi connectivity index (χ3v) is 7.16. The zero-order valence-electron chi connectivity index (χ0n) is 20.1. The number of hydrogen-bond acceptors (Lipinski definition) is 7. The molecule has 0 aliphatic carbocycles. The molecular weight excluding hydrogens is 434 g/mol. The first-order valence-electron chi connectivity index (χ1n) is 11.3. The first kappa shape index (κ1) is 23.1. The zero-order valence-corrected chi connectivity index (χ0v) is 21.0. The van der Waals surface area contributed by atoms with E-state index in [9.17, 15) is 4.79 Å². The van der Waals surface area contributed by atoms with E-state index in [0.717, 1.165) is 52.7 Å². The molecule has 0 bridgehead atoms. The van der Waals surface area contributed by atoms with Crippen LogP contribution in [0.25, 0.3) is 6.08 Å². The summed E-state index contributed by atoms with van der Waals surface area (Å²) in [5, 5.41) is 8.57. The average Bonchev–Trinajstić information content (AvgIpc) is 3.21. The quantitative estimate of drug-likeness (QED) is 0.549. The first-order valence-corrected chi connectivity index (χ1v) is 12.1. The number of aromatic nitrogens is 5. The minimum absolute atomic E-state index is 0.0202. The van der Waals surface area contributed by atoms with Crippen molar-refractivity contribution in [2.24, 2.45) is 7.05 Å². The molecule has 1 aliphatic rings. The fourth-order valence-corrected chi connectivity index (χ4v) is 5.01. The van der Waals surface area contributed by atoms with E-state index in [-0.39, 0.29) is 11.9 Å². The van der Waals surface area contributed by atoms with Gasteiger partial charge in [0.05, 0.1) is 17.4 Å². The first-order chi connectivity index (χ1) is 15.7. The predicted molar refractivity (Wildman–Crippen MR) is 132 cm³/mol. The Morgan fingerprint density at radius 3 is 2.58 bits per heavy atom. The summed E-state index contributed by atoms with van der Waals surface area (Å²) in [6.45, 7) is 10.7. The number of nitrogens with zero attached hydrogens (tertiary/aromatic N) is 6. The second kappa shape index (κ2) is 9.43. The molecule has 1 amide bonds. The van der Waals surface area contributed by atoms with Crippen molar-refractivity contribution in [3.8, 4) is 0 Å². The number of carbonyl (C=O) groups is 1. The number of piperidine rings is 1. The summed E-state index contributed by atoms with van der Waals surface area (Å²) in [7, 11) is 1.91. The highest BCUT2D eigenvalue weighted by atomic mass is 32.1. The molecule has 4 rings (SSSR count). The van der Waals surface area contributed by atoms with Crippen molar-refractivity contribution in [3.05, 3.63) is 51.2 Å². The van der Waals surface area contributed by atoms with Gasteiger partial charge in [0.25, 0.3) is 0 Å². The number of thiazole rings is 1. The Kier molecular flexibility index (Phi) is 6.60. The number of anilines is 2. The van der Waals surface area contributed by atoms with Crippen molar-refractivity contribution in [2.45, 2.75) is 59.9 Å². The van der Waals surface area contributed by atoms with E-state index in [2.05, 4.69) is 22.3 Å². The summed E-state index contributed by atoms with van der Waals surface area (Å²) in [4.78, 5) is 30.3. The Hall–Kier alpha value is -3.07. The van der Waals surface area contributed by atoms with Gasteiger partial charge in [0, 0.05) is 47.6 Å². The normalized spacial score (nSPS) is 16.5. The van der Waals surface area contributed by atoms with Gasteiger partial charge in [0.2, 0.25) is 5.91 Å². The Morgan fingerprint density at radius 2 is 1.91 bits per heavy atom. The number of likely N-dealkylation sites (tertiary alicyclic amines) is 1. The number of aryl methyl sites for hydroxylation is 5. The highest BCUT2D eigenvalue weighted by Crippen LogP contribution is 2.31. The SMILES string of the molecule is Cc1cc(Nc2nc(C)c(C)s2)nc([C@H]2CCCCN2C(=O)/C=C/c2c(C)nn(C)c2C)n1.